The lowest BCUT2D eigenvalue weighted by atomic mass is 9.55. The maximum absolute atomic E-state index is 14.4. The van der Waals surface area contributed by atoms with Crippen LogP contribution in [0.15, 0.2) is 59.9 Å². The van der Waals surface area contributed by atoms with Crippen LogP contribution >= 0.6 is 0 Å². The minimum Gasteiger partial charge on any atom is -0.441 e. The minimum atomic E-state index is -1.25. The van der Waals surface area contributed by atoms with Crippen LogP contribution in [0, 0.1) is 12.3 Å². The largest absolute Gasteiger partial charge is 0.441 e. The van der Waals surface area contributed by atoms with Gasteiger partial charge in [0.25, 0.3) is 0 Å². The molecule has 3 aromatic rings. The zero-order valence-electron chi connectivity index (χ0n) is 17.7. The first-order valence-electron chi connectivity index (χ1n) is 10.6. The molecule has 6 rings (SSSR count). The van der Waals surface area contributed by atoms with E-state index < -0.39 is 5.41 Å². The van der Waals surface area contributed by atoms with E-state index >= 15 is 0 Å². The molecular formula is C26H22N2O3. The van der Waals surface area contributed by atoms with Crippen molar-refractivity contribution >= 4 is 11.6 Å². The number of Topliss-reactive ketones (excluding diaryl/α,β-unsaturated/α-hetero) is 2. The molecule has 1 spiro atoms. The van der Waals surface area contributed by atoms with E-state index in [0.717, 1.165) is 22.4 Å². The molecule has 0 amide bonds. The van der Waals surface area contributed by atoms with Gasteiger partial charge in [0.05, 0.1) is 11.1 Å². The number of H-pyrrole nitrogens is 1. The quantitative estimate of drug-likeness (QED) is 0.572. The lowest BCUT2D eigenvalue weighted by Gasteiger charge is -2.46. The molecule has 2 aliphatic carbocycles. The number of aromatic nitrogens is 2. The van der Waals surface area contributed by atoms with Crippen LogP contribution in [-0.2, 0) is 10.2 Å². The molecule has 5 nitrogen and oxygen atoms in total. The number of nitrogens with zero attached hydrogens (tertiary/aromatic N) is 1. The number of rotatable bonds is 0. The lowest BCUT2D eigenvalue weighted by Crippen LogP contribution is -2.49. The highest BCUT2D eigenvalue weighted by molar-refractivity contribution is 6.22. The minimum absolute atomic E-state index is 0.0277. The Hall–Kier alpha value is -3.47. The summed E-state index contributed by atoms with van der Waals surface area (Å²) in [6, 6.07) is 15.6. The highest BCUT2D eigenvalue weighted by atomic mass is 16.5. The third-order valence-electron chi connectivity index (χ3n) is 6.85. The van der Waals surface area contributed by atoms with Gasteiger partial charge in [0.1, 0.15) is 11.2 Å². The van der Waals surface area contributed by atoms with Crippen LogP contribution in [0.25, 0.3) is 11.1 Å². The van der Waals surface area contributed by atoms with E-state index in [1.165, 1.54) is 0 Å². The number of ketones is 2. The number of carbonyl (C=O) groups excluding carboxylic acids is 2. The Bertz CT molecular complexity index is 1340. The summed E-state index contributed by atoms with van der Waals surface area (Å²) in [5.41, 5.74) is 3.70. The zero-order valence-corrected chi connectivity index (χ0v) is 17.7. The highest BCUT2D eigenvalue weighted by Gasteiger charge is 2.60. The Morgan fingerprint density at radius 1 is 0.935 bits per heavy atom. The summed E-state index contributed by atoms with van der Waals surface area (Å²) in [6.07, 6.45) is 0.957. The molecular weight excluding hydrogens is 388 g/mol. The summed E-state index contributed by atoms with van der Waals surface area (Å²) in [7, 11) is 0. The molecule has 31 heavy (non-hydrogen) atoms. The number of fused-ring (bicyclic) bond motifs is 7. The molecule has 0 bridgehead atoms. The summed E-state index contributed by atoms with van der Waals surface area (Å²) in [4.78, 5) is 28.2. The first-order valence-corrected chi connectivity index (χ1v) is 10.6. The van der Waals surface area contributed by atoms with Gasteiger partial charge in [-0.05, 0) is 29.0 Å². The normalized spacial score (nSPS) is 23.1. The highest BCUT2D eigenvalue weighted by Crippen LogP contribution is 2.58. The van der Waals surface area contributed by atoms with Crippen molar-refractivity contribution in [2.45, 2.75) is 39.0 Å². The fourth-order valence-corrected chi connectivity index (χ4v) is 5.72. The molecule has 0 fully saturated rings. The van der Waals surface area contributed by atoms with E-state index in [4.69, 9.17) is 4.74 Å². The van der Waals surface area contributed by atoms with Crippen LogP contribution in [0.4, 0.5) is 0 Å². The van der Waals surface area contributed by atoms with Gasteiger partial charge in [0, 0.05) is 24.1 Å². The molecule has 1 aliphatic heterocycles. The molecule has 1 aromatic heterocycles. The Morgan fingerprint density at radius 2 is 1.61 bits per heavy atom. The number of ether oxygens (including phenoxy) is 1. The van der Waals surface area contributed by atoms with Crippen molar-refractivity contribution in [3.05, 3.63) is 82.2 Å². The molecule has 1 unspecified atom stereocenters. The first-order chi connectivity index (χ1) is 14.8. The van der Waals surface area contributed by atoms with Crippen molar-refractivity contribution in [3.8, 4) is 17.0 Å². The summed E-state index contributed by atoms with van der Waals surface area (Å²) in [5.74, 6) is 0.850. The van der Waals surface area contributed by atoms with Crippen LogP contribution in [-0.4, -0.2) is 21.8 Å². The van der Waals surface area contributed by atoms with E-state index in [0.29, 0.717) is 41.2 Å². The van der Waals surface area contributed by atoms with Gasteiger partial charge in [-0.15, -0.1) is 5.10 Å². The van der Waals surface area contributed by atoms with Gasteiger partial charge < -0.3 is 4.74 Å². The molecule has 2 heterocycles. The summed E-state index contributed by atoms with van der Waals surface area (Å²) in [6.45, 7) is 6.00. The number of aromatic amines is 1. The van der Waals surface area contributed by atoms with E-state index in [2.05, 4.69) is 24.0 Å². The van der Waals surface area contributed by atoms with Crippen molar-refractivity contribution in [2.75, 3.05) is 0 Å². The van der Waals surface area contributed by atoms with Crippen LogP contribution in [0.5, 0.6) is 5.88 Å². The number of aryl methyl sites for hydroxylation is 1. The predicted octanol–water partition coefficient (Wildman–Crippen LogP) is 4.90. The monoisotopic (exact) mass is 410 g/mol. The number of benzene rings is 2. The summed E-state index contributed by atoms with van der Waals surface area (Å²) >= 11 is 0. The average molecular weight is 410 g/mol. The molecule has 0 radical (unpaired) electrons. The average Bonchev–Trinajstić information content (AvgIpc) is 3.11. The van der Waals surface area contributed by atoms with E-state index in [1.807, 2.05) is 55.5 Å². The van der Waals surface area contributed by atoms with Crippen LogP contribution in [0.1, 0.15) is 53.9 Å². The molecule has 1 N–H and O–H groups in total. The number of nitrogens with one attached hydrogen (secondary N) is 1. The van der Waals surface area contributed by atoms with Gasteiger partial charge in [-0.3, -0.25) is 14.7 Å². The Balaban J connectivity index is 1.80. The van der Waals surface area contributed by atoms with Gasteiger partial charge in [0.2, 0.25) is 5.88 Å². The van der Waals surface area contributed by atoms with Crippen LogP contribution in [0.3, 0.4) is 0 Å². The Morgan fingerprint density at radius 3 is 2.39 bits per heavy atom. The molecule has 1 atom stereocenters. The molecule has 2 aromatic carbocycles. The maximum Gasteiger partial charge on any atom is 0.242 e. The fraction of sp³-hybridized carbons (Fsp3) is 0.269. The molecule has 3 aliphatic rings. The second-order valence-corrected chi connectivity index (χ2v) is 9.54. The maximum atomic E-state index is 14.4. The number of allylic oxidation sites excluding steroid dienone is 2. The third-order valence-corrected chi connectivity index (χ3v) is 6.85. The summed E-state index contributed by atoms with van der Waals surface area (Å²) < 4.78 is 6.21. The van der Waals surface area contributed by atoms with Crippen LogP contribution < -0.4 is 4.74 Å². The van der Waals surface area contributed by atoms with E-state index in [1.54, 1.807) is 0 Å². The van der Waals surface area contributed by atoms with Crippen molar-refractivity contribution in [1.82, 2.24) is 10.2 Å². The van der Waals surface area contributed by atoms with Crippen molar-refractivity contribution in [2.24, 2.45) is 5.41 Å². The van der Waals surface area contributed by atoms with Crippen molar-refractivity contribution in [1.29, 1.82) is 0 Å². The Kier molecular flexibility index (Phi) is 3.43. The van der Waals surface area contributed by atoms with Gasteiger partial charge in [0.15, 0.2) is 11.6 Å². The molecule has 5 heteroatoms. The second kappa shape index (κ2) is 5.82. The van der Waals surface area contributed by atoms with Gasteiger partial charge >= 0.3 is 0 Å². The molecule has 154 valence electrons. The number of carbonyl (C=O) groups is 2. The standard InChI is InChI=1S/C26H22N2O3/c1-14-21-24(28-27-14)31-20-13-25(2,3)12-19(29)22(20)26(21)18-11-7-6-9-16(18)15-8-4-5-10-17(15)23(26)30/h4-11H,12-13H2,1-3H3,(H,27,28). The summed E-state index contributed by atoms with van der Waals surface area (Å²) in [5, 5.41) is 7.39. The van der Waals surface area contributed by atoms with Crippen molar-refractivity contribution < 1.29 is 14.3 Å². The SMILES string of the molecule is Cc1[nH]nc2c1C1(C(=O)c3ccccc3-c3ccccc31)C1=C(CC(C)(C)CC1=O)O2. The lowest BCUT2D eigenvalue weighted by molar-refractivity contribution is -0.119. The van der Waals surface area contributed by atoms with Gasteiger partial charge in [-0.25, -0.2) is 0 Å². The number of hydrogen-bond acceptors (Lipinski definition) is 4. The predicted molar refractivity (Wildman–Crippen MR) is 116 cm³/mol. The second-order valence-electron chi connectivity index (χ2n) is 9.54. The third kappa shape index (κ3) is 2.18. The van der Waals surface area contributed by atoms with E-state index in [-0.39, 0.29) is 17.0 Å². The zero-order chi connectivity index (χ0) is 21.5. The molecule has 0 saturated heterocycles. The smallest absolute Gasteiger partial charge is 0.242 e. The Labute approximate surface area is 180 Å². The van der Waals surface area contributed by atoms with Crippen molar-refractivity contribution in [3.63, 3.8) is 0 Å². The topological polar surface area (TPSA) is 72.0 Å². The van der Waals surface area contributed by atoms with Crippen LogP contribution in [0.2, 0.25) is 0 Å². The van der Waals surface area contributed by atoms with Gasteiger partial charge in [-0.1, -0.05) is 62.4 Å². The molecule has 0 saturated carbocycles. The number of hydrogen-bond donors (Lipinski definition) is 1. The van der Waals surface area contributed by atoms with E-state index in [9.17, 15) is 9.59 Å². The van der Waals surface area contributed by atoms with Gasteiger partial charge in [-0.2, -0.15) is 0 Å². The first kappa shape index (κ1) is 18.3. The fourth-order valence-electron chi connectivity index (χ4n) is 5.72.